The second-order valence-corrected chi connectivity index (χ2v) is 6.71. The summed E-state index contributed by atoms with van der Waals surface area (Å²) in [7, 11) is 0. The predicted molar refractivity (Wildman–Crippen MR) is 79.4 cm³/mol. The van der Waals surface area contributed by atoms with Gasteiger partial charge >= 0.3 is 0 Å². The normalized spacial score (nSPS) is 19.2. The van der Waals surface area contributed by atoms with Crippen molar-refractivity contribution in [1.29, 1.82) is 0 Å². The summed E-state index contributed by atoms with van der Waals surface area (Å²) in [5.41, 5.74) is 7.00. The van der Waals surface area contributed by atoms with Crippen LogP contribution in [0.5, 0.6) is 0 Å². The molecule has 0 fully saturated rings. The van der Waals surface area contributed by atoms with Gasteiger partial charge in [0.2, 0.25) is 0 Å². The minimum atomic E-state index is 0.664. The van der Waals surface area contributed by atoms with E-state index in [0.717, 1.165) is 26.1 Å². The van der Waals surface area contributed by atoms with Crippen molar-refractivity contribution < 1.29 is 0 Å². The highest BCUT2D eigenvalue weighted by molar-refractivity contribution is 8.00. The molecule has 1 unspecified atom stereocenters. The number of hydrogen-bond donors (Lipinski definition) is 1. The van der Waals surface area contributed by atoms with E-state index < -0.39 is 0 Å². The molecule has 0 aliphatic carbocycles. The second kappa shape index (κ2) is 6.03. The highest BCUT2D eigenvalue weighted by atomic mass is 32.2. The molecule has 0 aromatic heterocycles. The first-order valence-corrected chi connectivity index (χ1v) is 8.14. The van der Waals surface area contributed by atoms with Gasteiger partial charge in [-0.2, -0.15) is 0 Å². The smallest absolute Gasteiger partial charge is 0.0505 e. The van der Waals surface area contributed by atoms with Gasteiger partial charge in [-0.15, -0.1) is 23.5 Å². The zero-order valence-electron chi connectivity index (χ0n) is 10.5. The average molecular weight is 268 g/mol. The van der Waals surface area contributed by atoms with Crippen LogP contribution in [0, 0.1) is 0 Å². The van der Waals surface area contributed by atoms with Crippen molar-refractivity contribution in [3.8, 4) is 0 Å². The standard InChI is InChI=1S/C13H20N2S2/c1-10-9-15(7-3-6-14)12-5-4-11(16-2)8-13(12)17-10/h4-5,8,10H,3,6-7,9,14H2,1-2H3. The van der Waals surface area contributed by atoms with E-state index in [1.807, 2.05) is 23.5 Å². The zero-order valence-corrected chi connectivity index (χ0v) is 12.1. The van der Waals surface area contributed by atoms with E-state index in [2.05, 4.69) is 36.3 Å². The molecule has 94 valence electrons. The number of rotatable bonds is 4. The third-order valence-electron chi connectivity index (χ3n) is 2.95. The van der Waals surface area contributed by atoms with Crippen molar-refractivity contribution in [3.05, 3.63) is 18.2 Å². The number of fused-ring (bicyclic) bond motifs is 1. The van der Waals surface area contributed by atoms with E-state index >= 15 is 0 Å². The largest absolute Gasteiger partial charge is 0.369 e. The maximum atomic E-state index is 5.61. The molecule has 0 radical (unpaired) electrons. The molecule has 1 aromatic rings. The maximum Gasteiger partial charge on any atom is 0.0505 e. The molecule has 0 amide bonds. The Morgan fingerprint density at radius 2 is 2.35 bits per heavy atom. The molecule has 2 nitrogen and oxygen atoms in total. The van der Waals surface area contributed by atoms with Crippen molar-refractivity contribution in [1.82, 2.24) is 0 Å². The molecule has 0 saturated heterocycles. The lowest BCUT2D eigenvalue weighted by molar-refractivity contribution is 0.713. The van der Waals surface area contributed by atoms with Crippen LogP contribution in [0.3, 0.4) is 0 Å². The first-order valence-electron chi connectivity index (χ1n) is 6.04. The number of thioether (sulfide) groups is 2. The van der Waals surface area contributed by atoms with Gasteiger partial charge in [0, 0.05) is 28.1 Å². The quantitative estimate of drug-likeness (QED) is 0.850. The van der Waals surface area contributed by atoms with Gasteiger partial charge in [-0.05, 0) is 37.4 Å². The Bertz CT molecular complexity index is 382. The van der Waals surface area contributed by atoms with Crippen LogP contribution in [0.15, 0.2) is 28.0 Å². The third kappa shape index (κ3) is 3.12. The SMILES string of the molecule is CSc1ccc2c(c1)SC(C)CN2CCCN. The number of benzene rings is 1. The van der Waals surface area contributed by atoms with Gasteiger partial charge < -0.3 is 10.6 Å². The molecule has 1 aromatic carbocycles. The van der Waals surface area contributed by atoms with Gasteiger partial charge in [0.25, 0.3) is 0 Å². The molecular formula is C13H20N2S2. The summed E-state index contributed by atoms with van der Waals surface area (Å²) in [5.74, 6) is 0. The number of hydrogen-bond acceptors (Lipinski definition) is 4. The van der Waals surface area contributed by atoms with Crippen LogP contribution in [0.4, 0.5) is 5.69 Å². The fourth-order valence-corrected chi connectivity index (χ4v) is 3.85. The molecule has 1 heterocycles. The van der Waals surface area contributed by atoms with Crippen LogP contribution in [0.25, 0.3) is 0 Å². The topological polar surface area (TPSA) is 29.3 Å². The summed E-state index contributed by atoms with van der Waals surface area (Å²) in [6, 6.07) is 6.79. The van der Waals surface area contributed by atoms with Gasteiger partial charge in [0.15, 0.2) is 0 Å². The Balaban J connectivity index is 2.23. The van der Waals surface area contributed by atoms with E-state index in [4.69, 9.17) is 5.73 Å². The van der Waals surface area contributed by atoms with E-state index in [1.54, 1.807) is 0 Å². The lowest BCUT2D eigenvalue weighted by atomic mass is 10.2. The summed E-state index contributed by atoms with van der Waals surface area (Å²) in [6.07, 6.45) is 3.20. The minimum absolute atomic E-state index is 0.664. The number of nitrogens with two attached hydrogens (primary N) is 1. The van der Waals surface area contributed by atoms with Crippen molar-refractivity contribution in [2.75, 3.05) is 30.8 Å². The summed E-state index contributed by atoms with van der Waals surface area (Å²) < 4.78 is 0. The summed E-state index contributed by atoms with van der Waals surface area (Å²) in [5, 5.41) is 0.664. The number of nitrogens with zero attached hydrogens (tertiary/aromatic N) is 1. The molecule has 2 rings (SSSR count). The average Bonchev–Trinajstić information content (AvgIpc) is 2.34. The molecule has 0 bridgehead atoms. The van der Waals surface area contributed by atoms with Gasteiger partial charge in [0.1, 0.15) is 0 Å². The summed E-state index contributed by atoms with van der Waals surface area (Å²) in [4.78, 5) is 5.25. The van der Waals surface area contributed by atoms with E-state index in [1.165, 1.54) is 15.5 Å². The van der Waals surface area contributed by atoms with Crippen LogP contribution in [0.1, 0.15) is 13.3 Å². The summed E-state index contributed by atoms with van der Waals surface area (Å²) >= 11 is 3.80. The highest BCUT2D eigenvalue weighted by Gasteiger charge is 2.21. The lowest BCUT2D eigenvalue weighted by Crippen LogP contribution is -2.34. The Labute approximate surface area is 112 Å². The second-order valence-electron chi connectivity index (χ2n) is 4.35. The van der Waals surface area contributed by atoms with E-state index in [0.29, 0.717) is 5.25 Å². The van der Waals surface area contributed by atoms with Crippen molar-refractivity contribution in [2.24, 2.45) is 5.73 Å². The Morgan fingerprint density at radius 1 is 1.53 bits per heavy atom. The minimum Gasteiger partial charge on any atom is -0.369 e. The lowest BCUT2D eigenvalue weighted by Gasteiger charge is -2.34. The maximum absolute atomic E-state index is 5.61. The van der Waals surface area contributed by atoms with Crippen LogP contribution >= 0.6 is 23.5 Å². The van der Waals surface area contributed by atoms with E-state index in [-0.39, 0.29) is 0 Å². The van der Waals surface area contributed by atoms with Gasteiger partial charge in [-0.25, -0.2) is 0 Å². The fraction of sp³-hybridized carbons (Fsp3) is 0.538. The zero-order chi connectivity index (χ0) is 12.3. The molecule has 17 heavy (non-hydrogen) atoms. The Kier molecular flexibility index (Phi) is 4.65. The van der Waals surface area contributed by atoms with Crippen LogP contribution < -0.4 is 10.6 Å². The third-order valence-corrected chi connectivity index (χ3v) is 4.80. The molecule has 0 spiro atoms. The molecule has 2 N–H and O–H groups in total. The Hall–Kier alpha value is -0.320. The fourth-order valence-electron chi connectivity index (χ4n) is 2.13. The highest BCUT2D eigenvalue weighted by Crippen LogP contribution is 2.40. The molecule has 1 aliphatic heterocycles. The Morgan fingerprint density at radius 3 is 3.06 bits per heavy atom. The number of anilines is 1. The molecule has 0 saturated carbocycles. The van der Waals surface area contributed by atoms with Crippen LogP contribution in [-0.2, 0) is 0 Å². The van der Waals surface area contributed by atoms with Crippen LogP contribution in [-0.4, -0.2) is 31.1 Å². The van der Waals surface area contributed by atoms with Gasteiger partial charge in [-0.1, -0.05) is 6.92 Å². The monoisotopic (exact) mass is 268 g/mol. The van der Waals surface area contributed by atoms with E-state index in [9.17, 15) is 0 Å². The van der Waals surface area contributed by atoms with Crippen molar-refractivity contribution in [3.63, 3.8) is 0 Å². The molecule has 1 aliphatic rings. The molecule has 1 atom stereocenters. The predicted octanol–water partition coefficient (Wildman–Crippen LogP) is 3.06. The first kappa shape index (κ1) is 13.1. The van der Waals surface area contributed by atoms with Crippen LogP contribution in [0.2, 0.25) is 0 Å². The van der Waals surface area contributed by atoms with Gasteiger partial charge in [0.05, 0.1) is 5.69 Å². The van der Waals surface area contributed by atoms with Crippen molar-refractivity contribution >= 4 is 29.2 Å². The van der Waals surface area contributed by atoms with Crippen molar-refractivity contribution in [2.45, 2.75) is 28.4 Å². The molecule has 4 heteroatoms. The van der Waals surface area contributed by atoms with Gasteiger partial charge in [-0.3, -0.25) is 0 Å². The first-order chi connectivity index (χ1) is 8.24. The molecular weight excluding hydrogens is 248 g/mol. The summed E-state index contributed by atoms with van der Waals surface area (Å²) in [6.45, 7) is 5.29.